The van der Waals surface area contributed by atoms with Crippen LogP contribution in [-0.2, 0) is 11.3 Å². The Labute approximate surface area is 123 Å². The first-order chi connectivity index (χ1) is 10.2. The molecule has 0 saturated heterocycles. The molecule has 1 amide bonds. The lowest BCUT2D eigenvalue weighted by Gasteiger charge is -2.04. The third-order valence-electron chi connectivity index (χ3n) is 3.85. The highest BCUT2D eigenvalue weighted by molar-refractivity contribution is 5.94. The molecule has 1 fully saturated rings. The molecule has 3 rings (SSSR count). The molecular formula is C16H19N3O2. The second kappa shape index (κ2) is 5.60. The van der Waals surface area contributed by atoms with Gasteiger partial charge in [-0.15, -0.1) is 0 Å². The Hall–Kier alpha value is -2.30. The van der Waals surface area contributed by atoms with E-state index in [1.165, 1.54) is 0 Å². The largest absolute Gasteiger partial charge is 0.497 e. The molecule has 0 radical (unpaired) electrons. The molecule has 0 spiro atoms. The standard InChI is InChI=1S/C16H19N3O2/c1-11-7-15(11)16(20)18-13-8-17-19(10-13)9-12-3-5-14(21-2)6-4-12/h3-6,8,10-11,15H,7,9H2,1-2H3,(H,18,20)/t11-,15+/m1/s1. The number of amides is 1. The van der Waals surface area contributed by atoms with Crippen LogP contribution in [0, 0.1) is 11.8 Å². The molecule has 1 saturated carbocycles. The third-order valence-corrected chi connectivity index (χ3v) is 3.85. The fourth-order valence-corrected chi connectivity index (χ4v) is 2.35. The van der Waals surface area contributed by atoms with E-state index in [0.29, 0.717) is 12.5 Å². The van der Waals surface area contributed by atoms with Gasteiger partial charge in [-0.05, 0) is 30.0 Å². The SMILES string of the molecule is COc1ccc(Cn2cc(NC(=O)[C@H]3C[C@H]3C)cn2)cc1. The van der Waals surface area contributed by atoms with Gasteiger partial charge in [0.2, 0.25) is 5.91 Å². The Bertz CT molecular complexity index is 633. The normalized spacial score (nSPS) is 20.1. The molecule has 1 aliphatic rings. The van der Waals surface area contributed by atoms with E-state index in [9.17, 15) is 4.79 Å². The Balaban J connectivity index is 1.60. The number of nitrogens with one attached hydrogen (secondary N) is 1. The Morgan fingerprint density at radius 3 is 2.76 bits per heavy atom. The minimum atomic E-state index is 0.103. The predicted molar refractivity (Wildman–Crippen MR) is 80.2 cm³/mol. The molecule has 1 aromatic carbocycles. The van der Waals surface area contributed by atoms with Crippen molar-refractivity contribution in [2.75, 3.05) is 12.4 Å². The summed E-state index contributed by atoms with van der Waals surface area (Å²) in [4.78, 5) is 11.9. The Morgan fingerprint density at radius 2 is 2.14 bits per heavy atom. The summed E-state index contributed by atoms with van der Waals surface area (Å²) in [5.41, 5.74) is 1.89. The van der Waals surface area contributed by atoms with Gasteiger partial charge in [-0.1, -0.05) is 19.1 Å². The van der Waals surface area contributed by atoms with E-state index in [4.69, 9.17) is 4.74 Å². The molecule has 2 aromatic rings. The summed E-state index contributed by atoms with van der Waals surface area (Å²) < 4.78 is 6.95. The number of aromatic nitrogens is 2. The van der Waals surface area contributed by atoms with Crippen LogP contribution in [0.15, 0.2) is 36.7 Å². The van der Waals surface area contributed by atoms with Crippen molar-refractivity contribution in [1.29, 1.82) is 0 Å². The van der Waals surface area contributed by atoms with Gasteiger partial charge in [-0.2, -0.15) is 5.10 Å². The van der Waals surface area contributed by atoms with Crippen molar-refractivity contribution in [3.8, 4) is 5.75 Å². The van der Waals surface area contributed by atoms with Gasteiger partial charge in [0.1, 0.15) is 5.75 Å². The first-order valence-corrected chi connectivity index (χ1v) is 7.12. The molecule has 0 unspecified atom stereocenters. The topological polar surface area (TPSA) is 56.1 Å². The summed E-state index contributed by atoms with van der Waals surface area (Å²) in [6.45, 7) is 2.76. The van der Waals surface area contributed by atoms with Crippen LogP contribution < -0.4 is 10.1 Å². The number of methoxy groups -OCH3 is 1. The molecule has 1 aromatic heterocycles. The Morgan fingerprint density at radius 1 is 1.43 bits per heavy atom. The maximum atomic E-state index is 11.9. The smallest absolute Gasteiger partial charge is 0.227 e. The summed E-state index contributed by atoms with van der Waals surface area (Å²) in [6.07, 6.45) is 4.54. The molecule has 0 bridgehead atoms. The van der Waals surface area contributed by atoms with Crippen molar-refractivity contribution in [2.45, 2.75) is 19.9 Å². The zero-order chi connectivity index (χ0) is 14.8. The molecule has 21 heavy (non-hydrogen) atoms. The predicted octanol–water partition coefficient (Wildman–Crippen LogP) is 2.53. The minimum Gasteiger partial charge on any atom is -0.497 e. The monoisotopic (exact) mass is 285 g/mol. The van der Waals surface area contributed by atoms with Crippen molar-refractivity contribution >= 4 is 11.6 Å². The number of rotatable bonds is 5. The second-order valence-corrected chi connectivity index (χ2v) is 5.58. The number of ether oxygens (including phenoxy) is 1. The van der Waals surface area contributed by atoms with E-state index < -0.39 is 0 Å². The summed E-state index contributed by atoms with van der Waals surface area (Å²) in [7, 11) is 1.65. The maximum absolute atomic E-state index is 11.9. The summed E-state index contributed by atoms with van der Waals surface area (Å²) in [5.74, 6) is 1.63. The van der Waals surface area contributed by atoms with Gasteiger partial charge >= 0.3 is 0 Å². The quantitative estimate of drug-likeness (QED) is 0.918. The summed E-state index contributed by atoms with van der Waals surface area (Å²) >= 11 is 0. The van der Waals surface area contributed by atoms with Crippen LogP contribution in [-0.4, -0.2) is 22.8 Å². The van der Waals surface area contributed by atoms with E-state index in [1.54, 1.807) is 13.3 Å². The number of benzene rings is 1. The van der Waals surface area contributed by atoms with Crippen molar-refractivity contribution in [2.24, 2.45) is 11.8 Å². The van der Waals surface area contributed by atoms with Crippen LogP contribution in [0.2, 0.25) is 0 Å². The lowest BCUT2D eigenvalue weighted by atomic mass is 10.2. The van der Waals surface area contributed by atoms with E-state index in [-0.39, 0.29) is 11.8 Å². The van der Waals surface area contributed by atoms with Crippen LogP contribution >= 0.6 is 0 Å². The molecule has 0 aliphatic heterocycles. The number of anilines is 1. The number of carbonyl (C=O) groups excluding carboxylic acids is 1. The van der Waals surface area contributed by atoms with Crippen molar-refractivity contribution in [3.05, 3.63) is 42.2 Å². The highest BCUT2D eigenvalue weighted by Crippen LogP contribution is 2.38. The first-order valence-electron chi connectivity index (χ1n) is 7.12. The van der Waals surface area contributed by atoms with Gasteiger partial charge in [0.15, 0.2) is 0 Å². The summed E-state index contributed by atoms with van der Waals surface area (Å²) in [6, 6.07) is 7.86. The van der Waals surface area contributed by atoms with Crippen molar-refractivity contribution in [1.82, 2.24) is 9.78 Å². The van der Waals surface area contributed by atoms with Crippen LogP contribution in [0.5, 0.6) is 5.75 Å². The van der Waals surface area contributed by atoms with Crippen molar-refractivity contribution in [3.63, 3.8) is 0 Å². The van der Waals surface area contributed by atoms with Crippen LogP contribution in [0.1, 0.15) is 18.9 Å². The highest BCUT2D eigenvalue weighted by Gasteiger charge is 2.39. The lowest BCUT2D eigenvalue weighted by molar-refractivity contribution is -0.117. The molecule has 5 heteroatoms. The minimum absolute atomic E-state index is 0.103. The third kappa shape index (κ3) is 3.24. The molecule has 1 heterocycles. The summed E-state index contributed by atoms with van der Waals surface area (Å²) in [5, 5.41) is 7.19. The number of nitrogens with zero attached hydrogens (tertiary/aromatic N) is 2. The van der Waals surface area contributed by atoms with Gasteiger partial charge in [-0.25, -0.2) is 0 Å². The zero-order valence-corrected chi connectivity index (χ0v) is 12.2. The average Bonchev–Trinajstić information content (AvgIpc) is 3.07. The molecular weight excluding hydrogens is 266 g/mol. The second-order valence-electron chi connectivity index (χ2n) is 5.58. The molecule has 5 nitrogen and oxygen atoms in total. The van der Waals surface area contributed by atoms with Gasteiger partial charge in [-0.3, -0.25) is 9.48 Å². The number of hydrogen-bond acceptors (Lipinski definition) is 3. The zero-order valence-electron chi connectivity index (χ0n) is 12.2. The first kappa shape index (κ1) is 13.7. The number of hydrogen-bond donors (Lipinski definition) is 1. The van der Waals surface area contributed by atoms with E-state index >= 15 is 0 Å². The van der Waals surface area contributed by atoms with Crippen LogP contribution in [0.25, 0.3) is 0 Å². The van der Waals surface area contributed by atoms with Gasteiger partial charge in [0.25, 0.3) is 0 Å². The fraction of sp³-hybridized carbons (Fsp3) is 0.375. The molecule has 110 valence electrons. The van der Waals surface area contributed by atoms with Gasteiger partial charge < -0.3 is 10.1 Å². The lowest BCUT2D eigenvalue weighted by Crippen LogP contribution is -2.13. The molecule has 1 aliphatic carbocycles. The van der Waals surface area contributed by atoms with E-state index in [0.717, 1.165) is 23.4 Å². The van der Waals surface area contributed by atoms with Crippen LogP contribution in [0.3, 0.4) is 0 Å². The van der Waals surface area contributed by atoms with Gasteiger partial charge in [0.05, 0.1) is 25.5 Å². The van der Waals surface area contributed by atoms with Gasteiger partial charge in [0, 0.05) is 12.1 Å². The van der Waals surface area contributed by atoms with Crippen molar-refractivity contribution < 1.29 is 9.53 Å². The van der Waals surface area contributed by atoms with Crippen LogP contribution in [0.4, 0.5) is 5.69 Å². The fourth-order valence-electron chi connectivity index (χ4n) is 2.35. The molecule has 2 atom stereocenters. The van der Waals surface area contributed by atoms with E-state index in [1.807, 2.05) is 35.1 Å². The Kier molecular flexibility index (Phi) is 3.64. The number of carbonyl (C=O) groups is 1. The molecule has 1 N–H and O–H groups in total. The maximum Gasteiger partial charge on any atom is 0.227 e. The highest BCUT2D eigenvalue weighted by atomic mass is 16.5. The van der Waals surface area contributed by atoms with E-state index in [2.05, 4.69) is 17.3 Å². The average molecular weight is 285 g/mol.